The second-order valence-corrected chi connectivity index (χ2v) is 4.56. The number of hydrogen-bond acceptors (Lipinski definition) is 2. The summed E-state index contributed by atoms with van der Waals surface area (Å²) in [6.07, 6.45) is 2.77. The lowest BCUT2D eigenvalue weighted by Crippen LogP contribution is -2.18. The lowest BCUT2D eigenvalue weighted by atomic mass is 10.4. The van der Waals surface area contributed by atoms with E-state index in [2.05, 4.69) is 35.6 Å². The Kier molecular flexibility index (Phi) is 3.27. The van der Waals surface area contributed by atoms with Crippen LogP contribution in [-0.4, -0.2) is 18.3 Å². The first kappa shape index (κ1) is 9.10. The van der Waals surface area contributed by atoms with Gasteiger partial charge in [-0.25, -0.2) is 0 Å². The molecule has 13 heavy (non-hydrogen) atoms. The van der Waals surface area contributed by atoms with Crippen LogP contribution in [0.1, 0.15) is 12.8 Å². The Balaban J connectivity index is 1.61. The number of thioether (sulfide) groups is 1. The Morgan fingerprint density at radius 3 is 2.69 bits per heavy atom. The first-order valence-corrected chi connectivity index (χ1v) is 5.85. The van der Waals surface area contributed by atoms with Crippen molar-refractivity contribution in [2.24, 2.45) is 0 Å². The zero-order chi connectivity index (χ0) is 8.93. The minimum atomic E-state index is 0.844. The van der Waals surface area contributed by atoms with E-state index in [0.29, 0.717) is 0 Å². The molecular formula is C11H15NS. The molecule has 0 heterocycles. The number of hydrogen-bond donors (Lipinski definition) is 1. The summed E-state index contributed by atoms with van der Waals surface area (Å²) in [7, 11) is 0. The zero-order valence-corrected chi connectivity index (χ0v) is 8.52. The summed E-state index contributed by atoms with van der Waals surface area (Å²) in [5.41, 5.74) is 0. The molecule has 70 valence electrons. The van der Waals surface area contributed by atoms with Gasteiger partial charge in [0, 0.05) is 23.2 Å². The van der Waals surface area contributed by atoms with E-state index in [9.17, 15) is 0 Å². The number of nitrogens with one attached hydrogen (secondary N) is 1. The largest absolute Gasteiger partial charge is 0.313 e. The van der Waals surface area contributed by atoms with E-state index in [1.165, 1.54) is 23.5 Å². The summed E-state index contributed by atoms with van der Waals surface area (Å²) in [6, 6.07) is 11.4. The Labute approximate surface area is 83.9 Å². The predicted molar refractivity (Wildman–Crippen MR) is 58.2 cm³/mol. The molecule has 2 heteroatoms. The highest BCUT2D eigenvalue weighted by Crippen LogP contribution is 2.19. The molecule has 0 atom stereocenters. The summed E-state index contributed by atoms with van der Waals surface area (Å²) < 4.78 is 0. The van der Waals surface area contributed by atoms with Crippen LogP contribution in [0.5, 0.6) is 0 Å². The molecule has 1 aliphatic carbocycles. The third-order valence-corrected chi connectivity index (χ3v) is 3.14. The van der Waals surface area contributed by atoms with Crippen molar-refractivity contribution in [3.63, 3.8) is 0 Å². The normalized spacial score (nSPS) is 16.0. The van der Waals surface area contributed by atoms with Crippen LogP contribution in [0.3, 0.4) is 0 Å². The molecule has 0 spiro atoms. The molecule has 1 saturated carbocycles. The quantitative estimate of drug-likeness (QED) is 0.569. The van der Waals surface area contributed by atoms with Gasteiger partial charge in [-0.1, -0.05) is 18.2 Å². The van der Waals surface area contributed by atoms with Crippen molar-refractivity contribution in [3.8, 4) is 0 Å². The topological polar surface area (TPSA) is 12.0 Å². The van der Waals surface area contributed by atoms with E-state index in [1.54, 1.807) is 0 Å². The Morgan fingerprint density at radius 2 is 2.00 bits per heavy atom. The number of benzene rings is 1. The van der Waals surface area contributed by atoms with Gasteiger partial charge in [0.25, 0.3) is 0 Å². The van der Waals surface area contributed by atoms with Gasteiger partial charge < -0.3 is 5.32 Å². The van der Waals surface area contributed by atoms with E-state index >= 15 is 0 Å². The molecule has 1 aliphatic rings. The van der Waals surface area contributed by atoms with Crippen LogP contribution in [0, 0.1) is 0 Å². The smallest absolute Gasteiger partial charge is 0.0106 e. The lowest BCUT2D eigenvalue weighted by molar-refractivity contribution is 0.726. The molecule has 1 aromatic rings. The van der Waals surface area contributed by atoms with Gasteiger partial charge in [0.15, 0.2) is 0 Å². The molecule has 0 saturated heterocycles. The van der Waals surface area contributed by atoms with Gasteiger partial charge >= 0.3 is 0 Å². The molecule has 0 amide bonds. The third kappa shape index (κ3) is 3.41. The molecule has 0 aliphatic heterocycles. The lowest BCUT2D eigenvalue weighted by Gasteiger charge is -2.02. The Morgan fingerprint density at radius 1 is 1.23 bits per heavy atom. The van der Waals surface area contributed by atoms with Crippen LogP contribution in [0.25, 0.3) is 0 Å². The van der Waals surface area contributed by atoms with Gasteiger partial charge in [0.05, 0.1) is 0 Å². The van der Waals surface area contributed by atoms with Crippen molar-refractivity contribution in [3.05, 3.63) is 30.3 Å². The van der Waals surface area contributed by atoms with Crippen molar-refractivity contribution >= 4 is 11.8 Å². The summed E-state index contributed by atoms with van der Waals surface area (Å²) in [5, 5.41) is 3.51. The summed E-state index contributed by atoms with van der Waals surface area (Å²) >= 11 is 1.93. The van der Waals surface area contributed by atoms with Gasteiger partial charge in [-0.05, 0) is 25.0 Å². The third-order valence-electron chi connectivity index (χ3n) is 2.12. The summed E-state index contributed by atoms with van der Waals surface area (Å²) in [4.78, 5) is 1.38. The molecule has 0 bridgehead atoms. The molecule has 1 aromatic carbocycles. The fourth-order valence-corrected chi connectivity index (χ4v) is 2.04. The monoisotopic (exact) mass is 193 g/mol. The van der Waals surface area contributed by atoms with E-state index < -0.39 is 0 Å². The fourth-order valence-electron chi connectivity index (χ4n) is 1.24. The summed E-state index contributed by atoms with van der Waals surface area (Å²) in [6.45, 7) is 1.14. The molecule has 0 aromatic heterocycles. The molecule has 1 nitrogen and oxygen atoms in total. The first-order chi connectivity index (χ1) is 6.45. The predicted octanol–water partition coefficient (Wildman–Crippen LogP) is 2.53. The highest BCUT2D eigenvalue weighted by Gasteiger charge is 2.19. The van der Waals surface area contributed by atoms with E-state index in [-0.39, 0.29) is 0 Å². The van der Waals surface area contributed by atoms with Crippen LogP contribution in [0.4, 0.5) is 0 Å². The first-order valence-electron chi connectivity index (χ1n) is 4.86. The molecule has 0 radical (unpaired) electrons. The van der Waals surface area contributed by atoms with Crippen molar-refractivity contribution in [2.45, 2.75) is 23.8 Å². The van der Waals surface area contributed by atoms with Crippen LogP contribution in [0.2, 0.25) is 0 Å². The minimum Gasteiger partial charge on any atom is -0.313 e. The van der Waals surface area contributed by atoms with Crippen molar-refractivity contribution in [2.75, 3.05) is 12.3 Å². The number of rotatable bonds is 5. The fraction of sp³-hybridized carbons (Fsp3) is 0.455. The van der Waals surface area contributed by atoms with E-state index in [1.807, 2.05) is 11.8 Å². The second-order valence-electron chi connectivity index (χ2n) is 3.39. The maximum Gasteiger partial charge on any atom is 0.0106 e. The maximum atomic E-state index is 3.51. The van der Waals surface area contributed by atoms with Gasteiger partial charge in [-0.3, -0.25) is 0 Å². The Bertz CT molecular complexity index is 244. The van der Waals surface area contributed by atoms with Crippen LogP contribution < -0.4 is 5.32 Å². The minimum absolute atomic E-state index is 0.844. The summed E-state index contributed by atoms with van der Waals surface area (Å²) in [5.74, 6) is 1.18. The highest BCUT2D eigenvalue weighted by molar-refractivity contribution is 7.99. The van der Waals surface area contributed by atoms with Crippen LogP contribution in [0.15, 0.2) is 35.2 Å². The van der Waals surface area contributed by atoms with Gasteiger partial charge in [-0.15, -0.1) is 11.8 Å². The average molecular weight is 193 g/mol. The van der Waals surface area contributed by atoms with Crippen LogP contribution in [-0.2, 0) is 0 Å². The standard InChI is InChI=1S/C11H15NS/c1-2-4-11(5-3-1)13-9-8-12-10-6-7-10/h1-5,10,12H,6-9H2. The molecule has 2 rings (SSSR count). The van der Waals surface area contributed by atoms with Gasteiger partial charge in [0.1, 0.15) is 0 Å². The van der Waals surface area contributed by atoms with Crippen LogP contribution >= 0.6 is 11.8 Å². The van der Waals surface area contributed by atoms with E-state index in [0.717, 1.165) is 12.6 Å². The molecule has 1 fully saturated rings. The van der Waals surface area contributed by atoms with Gasteiger partial charge in [0.2, 0.25) is 0 Å². The Hall–Kier alpha value is -0.470. The van der Waals surface area contributed by atoms with E-state index in [4.69, 9.17) is 0 Å². The van der Waals surface area contributed by atoms with Crippen molar-refractivity contribution in [1.82, 2.24) is 5.32 Å². The molecular weight excluding hydrogens is 178 g/mol. The SMILES string of the molecule is c1ccc(SCCNC2CC2)cc1. The maximum absolute atomic E-state index is 3.51. The van der Waals surface area contributed by atoms with Crippen molar-refractivity contribution in [1.29, 1.82) is 0 Å². The molecule has 0 unspecified atom stereocenters. The highest BCUT2D eigenvalue weighted by atomic mass is 32.2. The average Bonchev–Trinajstić information content (AvgIpc) is 2.98. The second kappa shape index (κ2) is 4.68. The molecule has 1 N–H and O–H groups in total. The van der Waals surface area contributed by atoms with Gasteiger partial charge in [-0.2, -0.15) is 0 Å². The zero-order valence-electron chi connectivity index (χ0n) is 7.70. The van der Waals surface area contributed by atoms with Crippen molar-refractivity contribution < 1.29 is 0 Å².